The number of benzene rings is 1. The molecule has 0 unspecified atom stereocenters. The van der Waals surface area contributed by atoms with Gasteiger partial charge in [0.15, 0.2) is 0 Å². The second kappa shape index (κ2) is 5.61. The maximum absolute atomic E-state index is 12.1. The van der Waals surface area contributed by atoms with Crippen LogP contribution in [0.5, 0.6) is 0 Å². The molecule has 0 aliphatic carbocycles. The van der Waals surface area contributed by atoms with Crippen molar-refractivity contribution in [2.45, 2.75) is 6.92 Å². The van der Waals surface area contributed by atoms with Crippen molar-refractivity contribution >= 4 is 34.3 Å². The van der Waals surface area contributed by atoms with E-state index in [1.54, 1.807) is 11.3 Å². The maximum Gasteiger partial charge on any atom is 0.265 e. The molecular weight excluding hydrogens is 286 g/mol. The van der Waals surface area contributed by atoms with E-state index in [4.69, 9.17) is 0 Å². The van der Waals surface area contributed by atoms with Gasteiger partial charge in [-0.1, -0.05) is 29.8 Å². The third kappa shape index (κ3) is 2.81. The standard InChI is InChI=1S/C16H13NOS2/c1-11-3-2-4-12(9-11)14-5-6-15(20-14)16(18)17-13-7-8-19-10-13/h2-10H,1H3,(H,17,18). The van der Waals surface area contributed by atoms with Gasteiger partial charge in [0.25, 0.3) is 5.91 Å². The van der Waals surface area contributed by atoms with E-state index in [1.165, 1.54) is 16.9 Å². The first kappa shape index (κ1) is 13.1. The van der Waals surface area contributed by atoms with Crippen LogP contribution in [0, 0.1) is 6.92 Å². The number of carbonyl (C=O) groups excluding carboxylic acids is 1. The average molecular weight is 299 g/mol. The highest BCUT2D eigenvalue weighted by Crippen LogP contribution is 2.29. The van der Waals surface area contributed by atoms with Crippen molar-refractivity contribution in [1.82, 2.24) is 0 Å². The third-order valence-corrected chi connectivity index (χ3v) is 4.73. The van der Waals surface area contributed by atoms with Gasteiger partial charge in [0, 0.05) is 10.3 Å². The smallest absolute Gasteiger partial charge is 0.265 e. The van der Waals surface area contributed by atoms with Crippen LogP contribution in [-0.2, 0) is 0 Å². The van der Waals surface area contributed by atoms with Crippen molar-refractivity contribution < 1.29 is 4.79 Å². The molecule has 4 heteroatoms. The monoisotopic (exact) mass is 299 g/mol. The van der Waals surface area contributed by atoms with Crippen molar-refractivity contribution in [2.75, 3.05) is 5.32 Å². The Morgan fingerprint density at radius 3 is 2.80 bits per heavy atom. The number of aryl methyl sites for hydroxylation is 1. The zero-order valence-electron chi connectivity index (χ0n) is 10.9. The van der Waals surface area contributed by atoms with Crippen molar-refractivity contribution in [2.24, 2.45) is 0 Å². The van der Waals surface area contributed by atoms with Gasteiger partial charge in [-0.3, -0.25) is 4.79 Å². The number of anilines is 1. The fourth-order valence-electron chi connectivity index (χ4n) is 1.94. The highest BCUT2D eigenvalue weighted by atomic mass is 32.1. The largest absolute Gasteiger partial charge is 0.321 e. The molecular formula is C16H13NOS2. The second-order valence-electron chi connectivity index (χ2n) is 4.50. The van der Waals surface area contributed by atoms with E-state index in [1.807, 2.05) is 35.0 Å². The van der Waals surface area contributed by atoms with Crippen molar-refractivity contribution in [3.63, 3.8) is 0 Å². The van der Waals surface area contributed by atoms with Crippen molar-refractivity contribution in [3.05, 3.63) is 63.7 Å². The summed E-state index contributed by atoms with van der Waals surface area (Å²) in [5.74, 6) is -0.0488. The molecule has 1 aromatic carbocycles. The number of nitrogens with one attached hydrogen (secondary N) is 1. The van der Waals surface area contributed by atoms with Crippen LogP contribution in [0.15, 0.2) is 53.2 Å². The molecule has 100 valence electrons. The molecule has 1 amide bonds. The Hall–Kier alpha value is -1.91. The molecule has 2 heterocycles. The molecule has 0 atom stereocenters. The van der Waals surface area contributed by atoms with Crippen LogP contribution in [0.3, 0.4) is 0 Å². The molecule has 0 saturated heterocycles. The van der Waals surface area contributed by atoms with Gasteiger partial charge in [0.2, 0.25) is 0 Å². The molecule has 20 heavy (non-hydrogen) atoms. The van der Waals surface area contributed by atoms with Crippen molar-refractivity contribution in [3.8, 4) is 10.4 Å². The quantitative estimate of drug-likeness (QED) is 0.721. The van der Waals surface area contributed by atoms with E-state index >= 15 is 0 Å². The molecule has 3 rings (SSSR count). The lowest BCUT2D eigenvalue weighted by molar-refractivity contribution is 0.103. The SMILES string of the molecule is Cc1cccc(-c2ccc(C(=O)Nc3ccsc3)s2)c1. The number of carbonyl (C=O) groups is 1. The summed E-state index contributed by atoms with van der Waals surface area (Å²) in [6.45, 7) is 2.07. The van der Waals surface area contributed by atoms with E-state index in [0.717, 1.165) is 21.0 Å². The number of hydrogen-bond donors (Lipinski definition) is 1. The van der Waals surface area contributed by atoms with Gasteiger partial charge in [-0.2, -0.15) is 11.3 Å². The molecule has 0 radical (unpaired) electrons. The fourth-order valence-corrected chi connectivity index (χ4v) is 3.43. The van der Waals surface area contributed by atoms with Gasteiger partial charge in [0.1, 0.15) is 0 Å². The molecule has 0 fully saturated rings. The predicted octanol–water partition coefficient (Wildman–Crippen LogP) is 5.04. The maximum atomic E-state index is 12.1. The van der Waals surface area contributed by atoms with Gasteiger partial charge < -0.3 is 5.32 Å². The minimum absolute atomic E-state index is 0.0488. The molecule has 2 nitrogen and oxygen atoms in total. The summed E-state index contributed by atoms with van der Waals surface area (Å²) < 4.78 is 0. The lowest BCUT2D eigenvalue weighted by atomic mass is 10.1. The lowest BCUT2D eigenvalue weighted by Crippen LogP contribution is -2.08. The average Bonchev–Trinajstić information content (AvgIpc) is 3.09. The Morgan fingerprint density at radius 1 is 1.15 bits per heavy atom. The molecule has 3 aromatic rings. The molecule has 1 N–H and O–H groups in total. The van der Waals surface area contributed by atoms with Gasteiger partial charge in [0.05, 0.1) is 10.6 Å². The van der Waals surface area contributed by atoms with E-state index in [2.05, 4.69) is 30.4 Å². The molecule has 0 aliphatic heterocycles. The Morgan fingerprint density at radius 2 is 2.05 bits per heavy atom. The van der Waals surface area contributed by atoms with Crippen LogP contribution in [0.1, 0.15) is 15.2 Å². The molecule has 0 bridgehead atoms. The van der Waals surface area contributed by atoms with Gasteiger partial charge >= 0.3 is 0 Å². The minimum Gasteiger partial charge on any atom is -0.321 e. The highest BCUT2D eigenvalue weighted by Gasteiger charge is 2.10. The van der Waals surface area contributed by atoms with Crippen LogP contribution in [0.25, 0.3) is 10.4 Å². The summed E-state index contributed by atoms with van der Waals surface area (Å²) in [6.07, 6.45) is 0. The number of rotatable bonds is 3. The molecule has 0 spiro atoms. The first-order valence-electron chi connectivity index (χ1n) is 6.23. The van der Waals surface area contributed by atoms with Crippen molar-refractivity contribution in [1.29, 1.82) is 0 Å². The first-order chi connectivity index (χ1) is 9.72. The number of amides is 1. The zero-order valence-corrected chi connectivity index (χ0v) is 12.6. The third-order valence-electron chi connectivity index (χ3n) is 2.91. The summed E-state index contributed by atoms with van der Waals surface area (Å²) >= 11 is 3.09. The van der Waals surface area contributed by atoms with Gasteiger partial charge in [-0.05, 0) is 36.1 Å². The van der Waals surface area contributed by atoms with Gasteiger partial charge in [-0.15, -0.1) is 11.3 Å². The van der Waals surface area contributed by atoms with Crippen LogP contribution in [0.4, 0.5) is 5.69 Å². The summed E-state index contributed by atoms with van der Waals surface area (Å²) in [7, 11) is 0. The van der Waals surface area contributed by atoms with E-state index in [-0.39, 0.29) is 5.91 Å². The molecule has 0 saturated carbocycles. The van der Waals surface area contributed by atoms with E-state index in [9.17, 15) is 4.79 Å². The minimum atomic E-state index is -0.0488. The molecule has 2 aromatic heterocycles. The fraction of sp³-hybridized carbons (Fsp3) is 0.0625. The summed E-state index contributed by atoms with van der Waals surface area (Å²) in [5, 5.41) is 6.77. The van der Waals surface area contributed by atoms with E-state index in [0.29, 0.717) is 0 Å². The Labute approximate surface area is 125 Å². The topological polar surface area (TPSA) is 29.1 Å². The number of hydrogen-bond acceptors (Lipinski definition) is 3. The van der Waals surface area contributed by atoms with E-state index < -0.39 is 0 Å². The number of thiophene rings is 2. The normalized spacial score (nSPS) is 10.4. The lowest BCUT2D eigenvalue weighted by Gasteiger charge is -2.00. The van der Waals surface area contributed by atoms with Crippen LogP contribution in [0.2, 0.25) is 0 Å². The Kier molecular flexibility index (Phi) is 3.67. The zero-order chi connectivity index (χ0) is 13.9. The Balaban J connectivity index is 1.81. The predicted molar refractivity (Wildman–Crippen MR) is 86.8 cm³/mol. The first-order valence-corrected chi connectivity index (χ1v) is 7.99. The highest BCUT2D eigenvalue weighted by molar-refractivity contribution is 7.17. The second-order valence-corrected chi connectivity index (χ2v) is 6.36. The molecule has 0 aliphatic rings. The van der Waals surface area contributed by atoms with Crippen LogP contribution < -0.4 is 5.32 Å². The van der Waals surface area contributed by atoms with Crippen LogP contribution >= 0.6 is 22.7 Å². The van der Waals surface area contributed by atoms with Gasteiger partial charge in [-0.25, -0.2) is 0 Å². The summed E-state index contributed by atoms with van der Waals surface area (Å²) in [4.78, 5) is 14.0. The Bertz CT molecular complexity index is 729. The summed E-state index contributed by atoms with van der Waals surface area (Å²) in [5.41, 5.74) is 3.23. The van der Waals surface area contributed by atoms with Crippen LogP contribution in [-0.4, -0.2) is 5.91 Å². The summed E-state index contributed by atoms with van der Waals surface area (Å²) in [6, 6.07) is 14.1.